The van der Waals surface area contributed by atoms with E-state index < -0.39 is 30.1 Å². The summed E-state index contributed by atoms with van der Waals surface area (Å²) in [4.78, 5) is 15.5. The molecule has 0 fully saturated rings. The molecule has 0 aliphatic carbocycles. The monoisotopic (exact) mass is 305 g/mol. The van der Waals surface area contributed by atoms with Gasteiger partial charge in [-0.25, -0.2) is 4.98 Å². The highest BCUT2D eigenvalue weighted by Gasteiger charge is 2.29. The van der Waals surface area contributed by atoms with Crippen molar-refractivity contribution in [3.05, 3.63) is 18.3 Å². The van der Waals surface area contributed by atoms with Crippen molar-refractivity contribution in [1.82, 2.24) is 4.98 Å². The summed E-state index contributed by atoms with van der Waals surface area (Å²) in [5.74, 6) is -0.571. The van der Waals surface area contributed by atoms with Gasteiger partial charge in [0.1, 0.15) is 0 Å². The van der Waals surface area contributed by atoms with Crippen LogP contribution in [0.15, 0.2) is 18.3 Å². The van der Waals surface area contributed by atoms with Gasteiger partial charge in [0.05, 0.1) is 17.9 Å². The zero-order valence-electron chi connectivity index (χ0n) is 12.0. The Bertz CT molecular complexity index is 481. The van der Waals surface area contributed by atoms with Crippen molar-refractivity contribution in [3.8, 4) is 5.88 Å². The van der Waals surface area contributed by atoms with Gasteiger partial charge in [0, 0.05) is 6.07 Å². The van der Waals surface area contributed by atoms with E-state index in [4.69, 9.17) is 5.73 Å². The van der Waals surface area contributed by atoms with E-state index in [-0.39, 0.29) is 5.88 Å². The van der Waals surface area contributed by atoms with Gasteiger partial charge < -0.3 is 15.8 Å². The normalized spacial score (nSPS) is 13.7. The van der Waals surface area contributed by atoms with Gasteiger partial charge in [0.25, 0.3) is 0 Å². The van der Waals surface area contributed by atoms with Crippen LogP contribution in [-0.4, -0.2) is 29.7 Å². The molecule has 0 spiro atoms. The molecule has 0 aliphatic heterocycles. The summed E-state index contributed by atoms with van der Waals surface area (Å²) in [6.07, 6.45) is -3.22. The zero-order valence-corrected chi connectivity index (χ0v) is 12.0. The summed E-state index contributed by atoms with van der Waals surface area (Å²) in [7, 11) is 0. The van der Waals surface area contributed by atoms with Crippen LogP contribution >= 0.6 is 0 Å². The number of hydrogen-bond acceptors (Lipinski definition) is 4. The van der Waals surface area contributed by atoms with Crippen molar-refractivity contribution in [2.45, 2.75) is 33.0 Å². The molecular weight excluding hydrogens is 287 g/mol. The number of nitrogens with zero attached hydrogens (tertiary/aromatic N) is 1. The van der Waals surface area contributed by atoms with Gasteiger partial charge in [0.2, 0.25) is 11.8 Å². The van der Waals surface area contributed by atoms with E-state index in [0.717, 1.165) is 0 Å². The Morgan fingerprint density at radius 1 is 1.38 bits per heavy atom. The van der Waals surface area contributed by atoms with Crippen LogP contribution in [0.1, 0.15) is 20.8 Å². The Balaban J connectivity index is 2.61. The summed E-state index contributed by atoms with van der Waals surface area (Å²) in [5, 5.41) is 2.54. The van der Waals surface area contributed by atoms with Crippen LogP contribution in [0.4, 0.5) is 18.9 Å². The number of nitrogens with two attached hydrogens (primary N) is 1. The molecule has 1 rings (SSSR count). The maximum atomic E-state index is 12.0. The molecule has 118 valence electrons. The van der Waals surface area contributed by atoms with Crippen LogP contribution in [0.5, 0.6) is 5.88 Å². The molecule has 0 saturated carbocycles. The fourth-order valence-electron chi connectivity index (χ4n) is 1.31. The number of carbonyl (C=O) groups is 1. The van der Waals surface area contributed by atoms with Crippen LogP contribution in [-0.2, 0) is 4.79 Å². The number of anilines is 1. The molecule has 5 nitrogen and oxygen atoms in total. The van der Waals surface area contributed by atoms with Crippen molar-refractivity contribution in [1.29, 1.82) is 0 Å². The largest absolute Gasteiger partial charge is 0.468 e. The van der Waals surface area contributed by atoms with Crippen LogP contribution in [0, 0.1) is 5.41 Å². The summed E-state index contributed by atoms with van der Waals surface area (Å²) >= 11 is 0. The molecular formula is C13H18F3N3O2. The fourth-order valence-corrected chi connectivity index (χ4v) is 1.31. The molecule has 21 heavy (non-hydrogen) atoms. The van der Waals surface area contributed by atoms with E-state index in [2.05, 4.69) is 15.0 Å². The molecule has 1 amide bonds. The second-order valence-corrected chi connectivity index (χ2v) is 5.62. The zero-order chi connectivity index (χ0) is 16.3. The molecule has 1 aromatic rings. The van der Waals surface area contributed by atoms with Crippen molar-refractivity contribution in [3.63, 3.8) is 0 Å². The SMILES string of the molecule is CC(C)(C)[C@@H](N)C(=O)Nc1ccc(OCC(F)(F)F)nc1. The number of carbonyl (C=O) groups excluding carboxylic acids is 1. The Hall–Kier alpha value is -1.83. The molecule has 1 atom stereocenters. The number of rotatable bonds is 4. The smallest absolute Gasteiger partial charge is 0.422 e. The van der Waals surface area contributed by atoms with Gasteiger partial charge >= 0.3 is 6.18 Å². The van der Waals surface area contributed by atoms with Crippen molar-refractivity contribution in [2.75, 3.05) is 11.9 Å². The summed E-state index contributed by atoms with van der Waals surface area (Å²) in [6.45, 7) is 4.05. The first-order valence-corrected chi connectivity index (χ1v) is 6.21. The summed E-state index contributed by atoms with van der Waals surface area (Å²) < 4.78 is 40.4. The first-order chi connectivity index (χ1) is 9.49. The Morgan fingerprint density at radius 2 is 2.00 bits per heavy atom. The lowest BCUT2D eigenvalue weighted by Gasteiger charge is -2.25. The molecule has 1 heterocycles. The van der Waals surface area contributed by atoms with Crippen molar-refractivity contribution >= 4 is 11.6 Å². The number of alkyl halides is 3. The maximum absolute atomic E-state index is 12.0. The molecule has 1 aromatic heterocycles. The number of pyridine rings is 1. The molecule has 0 radical (unpaired) electrons. The third-order valence-corrected chi connectivity index (χ3v) is 2.60. The first-order valence-electron chi connectivity index (χ1n) is 6.21. The van der Waals surface area contributed by atoms with E-state index in [1.165, 1.54) is 18.3 Å². The summed E-state index contributed by atoms with van der Waals surface area (Å²) in [5.41, 5.74) is 5.71. The van der Waals surface area contributed by atoms with Crippen molar-refractivity contribution in [2.24, 2.45) is 11.1 Å². The van der Waals surface area contributed by atoms with Crippen LogP contribution < -0.4 is 15.8 Å². The van der Waals surface area contributed by atoms with E-state index in [1.807, 2.05) is 20.8 Å². The predicted octanol–water partition coefficient (Wildman–Crippen LogP) is 2.33. The standard InChI is InChI=1S/C13H18F3N3O2/c1-12(2,3)10(17)11(20)19-8-4-5-9(18-6-8)21-7-13(14,15)16/h4-6,10H,7,17H2,1-3H3,(H,19,20)/t10-/m0/s1. The maximum Gasteiger partial charge on any atom is 0.422 e. The molecule has 3 N–H and O–H groups in total. The molecule has 0 bridgehead atoms. The second-order valence-electron chi connectivity index (χ2n) is 5.62. The highest BCUT2D eigenvalue weighted by Crippen LogP contribution is 2.20. The lowest BCUT2D eigenvalue weighted by atomic mass is 9.87. The van der Waals surface area contributed by atoms with Gasteiger partial charge in [-0.3, -0.25) is 4.79 Å². The highest BCUT2D eigenvalue weighted by molar-refractivity contribution is 5.95. The predicted molar refractivity (Wildman–Crippen MR) is 71.8 cm³/mol. The molecule has 0 aromatic carbocycles. The molecule has 0 unspecified atom stereocenters. The van der Waals surface area contributed by atoms with E-state index in [9.17, 15) is 18.0 Å². The van der Waals surface area contributed by atoms with Gasteiger partial charge in [-0.15, -0.1) is 0 Å². The fraction of sp³-hybridized carbons (Fsp3) is 0.538. The third kappa shape index (κ3) is 5.99. The summed E-state index contributed by atoms with van der Waals surface area (Å²) in [6, 6.07) is 1.91. The minimum absolute atomic E-state index is 0.176. The number of hydrogen-bond donors (Lipinski definition) is 2. The van der Waals surface area contributed by atoms with Crippen molar-refractivity contribution < 1.29 is 22.7 Å². The minimum Gasteiger partial charge on any atom is -0.468 e. The van der Waals surface area contributed by atoms with E-state index >= 15 is 0 Å². The number of halogens is 3. The second kappa shape index (κ2) is 6.30. The molecule has 0 saturated heterocycles. The average molecular weight is 305 g/mol. The Labute approximate surface area is 120 Å². The average Bonchev–Trinajstić information content (AvgIpc) is 2.35. The number of ether oxygens (including phenoxy) is 1. The lowest BCUT2D eigenvalue weighted by molar-refractivity contribution is -0.154. The third-order valence-electron chi connectivity index (χ3n) is 2.60. The number of amides is 1. The Kier molecular flexibility index (Phi) is 5.16. The van der Waals surface area contributed by atoms with Gasteiger partial charge in [-0.1, -0.05) is 20.8 Å². The quantitative estimate of drug-likeness (QED) is 0.895. The van der Waals surface area contributed by atoms with Gasteiger partial charge in [0.15, 0.2) is 6.61 Å². The van der Waals surface area contributed by atoms with Gasteiger partial charge in [-0.2, -0.15) is 13.2 Å². The van der Waals surface area contributed by atoms with Crippen LogP contribution in [0.25, 0.3) is 0 Å². The van der Waals surface area contributed by atoms with Gasteiger partial charge in [-0.05, 0) is 11.5 Å². The lowest BCUT2D eigenvalue weighted by Crippen LogP contribution is -2.45. The molecule has 8 heteroatoms. The van der Waals surface area contributed by atoms with Crippen LogP contribution in [0.2, 0.25) is 0 Å². The number of aromatic nitrogens is 1. The topological polar surface area (TPSA) is 77.2 Å². The Morgan fingerprint density at radius 3 is 2.43 bits per heavy atom. The number of nitrogens with one attached hydrogen (secondary N) is 1. The first kappa shape index (κ1) is 17.2. The van der Waals surface area contributed by atoms with E-state index in [0.29, 0.717) is 5.69 Å². The van der Waals surface area contributed by atoms with Crippen LogP contribution in [0.3, 0.4) is 0 Å². The minimum atomic E-state index is -4.42. The van der Waals surface area contributed by atoms with E-state index in [1.54, 1.807) is 0 Å². The highest BCUT2D eigenvalue weighted by atomic mass is 19.4. The molecule has 0 aliphatic rings.